The van der Waals surface area contributed by atoms with Crippen LogP contribution in [0.1, 0.15) is 20.3 Å². The number of ether oxygens (including phenoxy) is 2. The average Bonchev–Trinajstić information content (AvgIpc) is 2.29. The van der Waals surface area contributed by atoms with Crippen LogP contribution in [0.5, 0.6) is 0 Å². The van der Waals surface area contributed by atoms with E-state index in [-0.39, 0.29) is 6.29 Å². The first kappa shape index (κ1) is 15.2. The number of methoxy groups -OCH3 is 2. The smallest absolute Gasteiger partial charge is 0.158 e. The lowest BCUT2D eigenvalue weighted by atomic mass is 10.1. The van der Waals surface area contributed by atoms with Crippen molar-refractivity contribution < 1.29 is 9.47 Å². The van der Waals surface area contributed by atoms with Gasteiger partial charge in [-0.1, -0.05) is 0 Å². The van der Waals surface area contributed by atoms with Crippen LogP contribution in [0, 0.1) is 0 Å². The summed E-state index contributed by atoms with van der Waals surface area (Å²) in [5, 5.41) is 0. The molecular formula is C12H26N2O2S. The number of rotatable bonds is 6. The Balaban J connectivity index is 2.54. The van der Waals surface area contributed by atoms with Gasteiger partial charge in [0, 0.05) is 56.8 Å². The fourth-order valence-corrected chi connectivity index (χ4v) is 3.41. The Hall–Kier alpha value is 0.190. The third-order valence-electron chi connectivity index (χ3n) is 3.23. The lowest BCUT2D eigenvalue weighted by Crippen LogP contribution is -2.51. The fraction of sp³-hybridized carbons (Fsp3) is 1.00. The van der Waals surface area contributed by atoms with Gasteiger partial charge in [-0.3, -0.25) is 4.90 Å². The molecule has 0 aromatic heterocycles. The number of thioether (sulfide) groups is 1. The van der Waals surface area contributed by atoms with Crippen LogP contribution in [0.3, 0.4) is 0 Å². The van der Waals surface area contributed by atoms with Gasteiger partial charge in [-0.05, 0) is 13.8 Å². The zero-order chi connectivity index (χ0) is 12.9. The maximum Gasteiger partial charge on any atom is 0.158 e. The summed E-state index contributed by atoms with van der Waals surface area (Å²) >= 11 is 2.04. The molecule has 0 aromatic rings. The van der Waals surface area contributed by atoms with Gasteiger partial charge in [-0.2, -0.15) is 11.8 Å². The molecule has 1 aliphatic heterocycles. The van der Waals surface area contributed by atoms with Gasteiger partial charge in [-0.15, -0.1) is 0 Å². The molecule has 0 bridgehead atoms. The first-order valence-electron chi connectivity index (χ1n) is 6.16. The van der Waals surface area contributed by atoms with E-state index in [9.17, 15) is 0 Å². The molecule has 17 heavy (non-hydrogen) atoms. The molecular weight excluding hydrogens is 236 g/mol. The summed E-state index contributed by atoms with van der Waals surface area (Å²) in [5.74, 6) is 1.17. The van der Waals surface area contributed by atoms with Crippen molar-refractivity contribution in [3.63, 3.8) is 0 Å². The van der Waals surface area contributed by atoms with Crippen LogP contribution < -0.4 is 5.73 Å². The van der Waals surface area contributed by atoms with Crippen LogP contribution in [-0.4, -0.2) is 61.6 Å². The zero-order valence-electron chi connectivity index (χ0n) is 11.4. The second-order valence-electron chi connectivity index (χ2n) is 5.10. The summed E-state index contributed by atoms with van der Waals surface area (Å²) in [6, 6.07) is 0.347. The van der Waals surface area contributed by atoms with Gasteiger partial charge in [0.15, 0.2) is 6.29 Å². The van der Waals surface area contributed by atoms with Crippen molar-refractivity contribution in [2.24, 2.45) is 5.73 Å². The quantitative estimate of drug-likeness (QED) is 0.728. The second kappa shape index (κ2) is 6.95. The van der Waals surface area contributed by atoms with Crippen molar-refractivity contribution in [2.75, 3.05) is 39.6 Å². The van der Waals surface area contributed by atoms with Crippen LogP contribution in [0.2, 0.25) is 0 Å². The van der Waals surface area contributed by atoms with E-state index >= 15 is 0 Å². The number of nitrogens with two attached hydrogens (primary N) is 1. The largest absolute Gasteiger partial charge is 0.356 e. The van der Waals surface area contributed by atoms with E-state index in [4.69, 9.17) is 15.2 Å². The van der Waals surface area contributed by atoms with Crippen LogP contribution in [0.4, 0.5) is 0 Å². The molecule has 1 atom stereocenters. The molecule has 102 valence electrons. The Morgan fingerprint density at radius 3 is 2.47 bits per heavy atom. The van der Waals surface area contributed by atoms with Crippen molar-refractivity contribution in [3.8, 4) is 0 Å². The summed E-state index contributed by atoms with van der Waals surface area (Å²) in [4.78, 5) is 2.47. The molecule has 1 unspecified atom stereocenters. The Labute approximate surface area is 109 Å². The summed E-state index contributed by atoms with van der Waals surface area (Å²) in [5.41, 5.74) is 5.89. The number of hydrogen-bond acceptors (Lipinski definition) is 5. The topological polar surface area (TPSA) is 47.7 Å². The summed E-state index contributed by atoms with van der Waals surface area (Å²) in [6.07, 6.45) is 0.686. The first-order valence-corrected chi connectivity index (χ1v) is 7.14. The third-order valence-corrected chi connectivity index (χ3v) is 4.53. The highest BCUT2D eigenvalue weighted by Gasteiger charge is 2.31. The lowest BCUT2D eigenvalue weighted by Gasteiger charge is -2.42. The first-order chi connectivity index (χ1) is 8.02. The standard InChI is InChI=1S/C12H26N2O2S/c1-12(2)9-14(5-6-17-12)10(8-13)7-11(15-3)16-4/h10-11H,5-9,13H2,1-4H3. The average molecular weight is 262 g/mol. The van der Waals surface area contributed by atoms with Crippen molar-refractivity contribution in [3.05, 3.63) is 0 Å². The van der Waals surface area contributed by atoms with Gasteiger partial charge in [0.05, 0.1) is 0 Å². The highest BCUT2D eigenvalue weighted by molar-refractivity contribution is 8.00. The normalized spacial score (nSPS) is 22.9. The van der Waals surface area contributed by atoms with E-state index in [0.717, 1.165) is 19.5 Å². The number of hydrogen-bond donors (Lipinski definition) is 1. The Morgan fingerprint density at radius 1 is 1.35 bits per heavy atom. The molecule has 1 aliphatic rings. The van der Waals surface area contributed by atoms with Gasteiger partial charge in [0.2, 0.25) is 0 Å². The molecule has 0 spiro atoms. The lowest BCUT2D eigenvalue weighted by molar-refractivity contribution is -0.116. The van der Waals surface area contributed by atoms with Crippen LogP contribution in [0.25, 0.3) is 0 Å². The second-order valence-corrected chi connectivity index (χ2v) is 6.91. The third kappa shape index (κ3) is 4.75. The Morgan fingerprint density at radius 2 is 2.00 bits per heavy atom. The predicted molar refractivity (Wildman–Crippen MR) is 73.4 cm³/mol. The molecule has 1 rings (SSSR count). The molecule has 2 N–H and O–H groups in total. The monoisotopic (exact) mass is 262 g/mol. The van der Waals surface area contributed by atoms with Crippen molar-refractivity contribution in [1.29, 1.82) is 0 Å². The zero-order valence-corrected chi connectivity index (χ0v) is 12.3. The minimum absolute atomic E-state index is 0.152. The molecule has 0 saturated carbocycles. The predicted octanol–water partition coefficient (Wildman–Crippen LogP) is 1.15. The van der Waals surface area contributed by atoms with Gasteiger partial charge in [0.1, 0.15) is 0 Å². The van der Waals surface area contributed by atoms with Gasteiger partial charge in [-0.25, -0.2) is 0 Å². The van der Waals surface area contributed by atoms with E-state index in [1.54, 1.807) is 14.2 Å². The SMILES string of the molecule is COC(CC(CN)N1CCSC(C)(C)C1)OC. The van der Waals surface area contributed by atoms with E-state index in [0.29, 0.717) is 17.3 Å². The molecule has 0 radical (unpaired) electrons. The maximum atomic E-state index is 5.89. The van der Waals surface area contributed by atoms with Crippen LogP contribution in [-0.2, 0) is 9.47 Å². The van der Waals surface area contributed by atoms with E-state index in [1.807, 2.05) is 11.8 Å². The highest BCUT2D eigenvalue weighted by Crippen LogP contribution is 2.31. The molecule has 5 heteroatoms. The molecule has 0 aromatic carbocycles. The Bertz CT molecular complexity index is 223. The molecule has 1 heterocycles. The van der Waals surface area contributed by atoms with Crippen molar-refractivity contribution in [1.82, 2.24) is 4.90 Å². The summed E-state index contributed by atoms with van der Waals surface area (Å²) in [7, 11) is 3.36. The van der Waals surface area contributed by atoms with E-state index in [2.05, 4.69) is 18.7 Å². The van der Waals surface area contributed by atoms with Crippen molar-refractivity contribution in [2.45, 2.75) is 37.3 Å². The fourth-order valence-electron chi connectivity index (χ4n) is 2.27. The molecule has 1 fully saturated rings. The number of nitrogens with zero attached hydrogens (tertiary/aromatic N) is 1. The highest BCUT2D eigenvalue weighted by atomic mass is 32.2. The molecule has 1 saturated heterocycles. The summed E-state index contributed by atoms with van der Waals surface area (Å²) in [6.45, 7) is 7.43. The molecule has 0 amide bonds. The van der Waals surface area contributed by atoms with E-state index < -0.39 is 0 Å². The van der Waals surface area contributed by atoms with Gasteiger partial charge >= 0.3 is 0 Å². The summed E-state index contributed by atoms with van der Waals surface area (Å²) < 4.78 is 10.9. The van der Waals surface area contributed by atoms with Gasteiger partial charge in [0.25, 0.3) is 0 Å². The van der Waals surface area contributed by atoms with Gasteiger partial charge < -0.3 is 15.2 Å². The molecule has 4 nitrogen and oxygen atoms in total. The maximum absolute atomic E-state index is 5.89. The molecule has 0 aliphatic carbocycles. The van der Waals surface area contributed by atoms with Crippen LogP contribution >= 0.6 is 11.8 Å². The van der Waals surface area contributed by atoms with E-state index in [1.165, 1.54) is 5.75 Å². The Kier molecular flexibility index (Phi) is 6.23. The van der Waals surface area contributed by atoms with Crippen LogP contribution in [0.15, 0.2) is 0 Å². The minimum atomic E-state index is -0.152. The van der Waals surface area contributed by atoms with Crippen molar-refractivity contribution >= 4 is 11.8 Å². The minimum Gasteiger partial charge on any atom is -0.356 e.